The van der Waals surface area contributed by atoms with E-state index in [0.29, 0.717) is 19.3 Å². The van der Waals surface area contributed by atoms with Crippen molar-refractivity contribution < 1.29 is 28.6 Å². The minimum absolute atomic E-state index is 0.0655. The second-order valence-corrected chi connectivity index (χ2v) is 18.2. The van der Waals surface area contributed by atoms with Crippen molar-refractivity contribution in [3.05, 3.63) is 12.2 Å². The molecule has 0 aliphatic heterocycles. The van der Waals surface area contributed by atoms with Gasteiger partial charge in [0.2, 0.25) is 0 Å². The van der Waals surface area contributed by atoms with Gasteiger partial charge < -0.3 is 14.2 Å². The van der Waals surface area contributed by atoms with Crippen LogP contribution in [0.5, 0.6) is 0 Å². The first kappa shape index (κ1) is 58.1. The molecule has 0 aliphatic rings. The predicted octanol–water partition coefficient (Wildman–Crippen LogP) is 17.4. The Kier molecular flexibility index (Phi) is 48.3. The molecule has 354 valence electrons. The van der Waals surface area contributed by atoms with E-state index in [9.17, 15) is 14.4 Å². The Hall–Kier alpha value is -1.85. The van der Waals surface area contributed by atoms with Gasteiger partial charge in [0.1, 0.15) is 13.2 Å². The lowest BCUT2D eigenvalue weighted by atomic mass is 10.0. The maximum Gasteiger partial charge on any atom is 0.306 e. The van der Waals surface area contributed by atoms with Crippen molar-refractivity contribution in [2.24, 2.45) is 0 Å². The first-order chi connectivity index (χ1) is 29.5. The van der Waals surface area contributed by atoms with E-state index in [0.717, 1.165) is 57.8 Å². The number of esters is 3. The van der Waals surface area contributed by atoms with Crippen LogP contribution in [0.1, 0.15) is 297 Å². The Labute approximate surface area is 373 Å². The lowest BCUT2D eigenvalue weighted by Crippen LogP contribution is -2.30. The summed E-state index contributed by atoms with van der Waals surface area (Å²) in [6.45, 7) is 6.59. The molecule has 0 rings (SSSR count). The molecule has 0 spiro atoms. The number of carbonyl (C=O) groups excluding carboxylic acids is 3. The molecule has 0 saturated heterocycles. The van der Waals surface area contributed by atoms with Crippen molar-refractivity contribution in [3.63, 3.8) is 0 Å². The molecule has 0 fully saturated rings. The fourth-order valence-electron chi connectivity index (χ4n) is 7.97. The molecule has 0 aromatic heterocycles. The number of unbranched alkanes of at least 4 members (excludes halogenated alkanes) is 36. The summed E-state index contributed by atoms with van der Waals surface area (Å²) in [6.07, 6.45) is 55.4. The lowest BCUT2D eigenvalue weighted by molar-refractivity contribution is -0.167. The summed E-state index contributed by atoms with van der Waals surface area (Å²) >= 11 is 0. The fourth-order valence-corrected chi connectivity index (χ4v) is 7.97. The van der Waals surface area contributed by atoms with Crippen LogP contribution in [0, 0.1) is 0 Å². The zero-order chi connectivity index (χ0) is 43.7. The summed E-state index contributed by atoms with van der Waals surface area (Å²) in [5, 5.41) is 0. The fraction of sp³-hybridized carbons (Fsp3) is 0.907. The Morgan fingerprint density at radius 1 is 0.317 bits per heavy atom. The minimum atomic E-state index is -0.759. The van der Waals surface area contributed by atoms with Gasteiger partial charge in [0, 0.05) is 19.3 Å². The zero-order valence-electron chi connectivity index (χ0n) is 40.5. The van der Waals surface area contributed by atoms with Crippen molar-refractivity contribution >= 4 is 17.9 Å². The topological polar surface area (TPSA) is 78.9 Å². The van der Waals surface area contributed by atoms with Gasteiger partial charge in [0.25, 0.3) is 0 Å². The van der Waals surface area contributed by atoms with Gasteiger partial charge in [-0.3, -0.25) is 14.4 Å². The van der Waals surface area contributed by atoms with Gasteiger partial charge in [-0.05, 0) is 44.9 Å². The Balaban J connectivity index is 3.93. The molecule has 0 saturated carbocycles. The molecule has 0 aromatic carbocycles. The highest BCUT2D eigenvalue weighted by atomic mass is 16.6. The third kappa shape index (κ3) is 47.2. The van der Waals surface area contributed by atoms with Gasteiger partial charge in [-0.1, -0.05) is 245 Å². The van der Waals surface area contributed by atoms with Crippen LogP contribution < -0.4 is 0 Å². The highest BCUT2D eigenvalue weighted by Crippen LogP contribution is 2.16. The molecule has 0 bridgehead atoms. The second kappa shape index (κ2) is 49.8. The molecule has 0 aromatic rings. The van der Waals surface area contributed by atoms with E-state index in [4.69, 9.17) is 14.2 Å². The summed E-state index contributed by atoms with van der Waals surface area (Å²) in [7, 11) is 0. The van der Waals surface area contributed by atoms with Gasteiger partial charge >= 0.3 is 17.9 Å². The summed E-state index contributed by atoms with van der Waals surface area (Å²) in [6, 6.07) is 0. The van der Waals surface area contributed by atoms with E-state index in [1.54, 1.807) is 0 Å². The summed E-state index contributed by atoms with van der Waals surface area (Å²) in [5.74, 6) is -0.865. The van der Waals surface area contributed by atoms with Crippen molar-refractivity contribution in [2.75, 3.05) is 13.2 Å². The summed E-state index contributed by atoms with van der Waals surface area (Å²) in [5.41, 5.74) is 0. The number of rotatable bonds is 49. The standard InChI is InChI=1S/C54H102O6/c1-4-7-10-13-16-18-19-20-21-22-23-24-25-26-27-28-29-30-31-32-33-34-35-37-38-41-44-47-53(56)59-50-51(49-58-52(55)46-43-40-15-12-9-6-3)60-54(57)48-45-42-39-36-17-14-11-8-5-2/h22-23,51H,4-21,24-50H2,1-3H3/b23-22-. The van der Waals surface area contributed by atoms with Crippen LogP contribution in [0.25, 0.3) is 0 Å². The molecule has 1 atom stereocenters. The van der Waals surface area contributed by atoms with Crippen LogP contribution in [0.2, 0.25) is 0 Å². The second-order valence-electron chi connectivity index (χ2n) is 18.2. The monoisotopic (exact) mass is 847 g/mol. The molecule has 1 unspecified atom stereocenters. The smallest absolute Gasteiger partial charge is 0.306 e. The Bertz CT molecular complexity index is 931. The van der Waals surface area contributed by atoms with Gasteiger partial charge in [0.05, 0.1) is 0 Å². The normalized spacial score (nSPS) is 12.0. The molecule has 0 heterocycles. The molecule has 0 N–H and O–H groups in total. The van der Waals surface area contributed by atoms with Crippen LogP contribution >= 0.6 is 0 Å². The van der Waals surface area contributed by atoms with Gasteiger partial charge in [-0.2, -0.15) is 0 Å². The zero-order valence-corrected chi connectivity index (χ0v) is 40.5. The maximum absolute atomic E-state index is 12.6. The molecular weight excluding hydrogens is 745 g/mol. The first-order valence-corrected chi connectivity index (χ1v) is 26.7. The number of carbonyl (C=O) groups is 3. The number of ether oxygens (including phenoxy) is 3. The maximum atomic E-state index is 12.6. The highest BCUT2D eigenvalue weighted by molar-refractivity contribution is 5.71. The van der Waals surface area contributed by atoms with Gasteiger partial charge in [-0.15, -0.1) is 0 Å². The van der Waals surface area contributed by atoms with E-state index in [1.807, 2.05) is 0 Å². The molecule has 60 heavy (non-hydrogen) atoms. The summed E-state index contributed by atoms with van der Waals surface area (Å²) in [4.78, 5) is 37.6. The highest BCUT2D eigenvalue weighted by Gasteiger charge is 2.19. The molecular formula is C54H102O6. The third-order valence-electron chi connectivity index (χ3n) is 12.0. The van der Waals surface area contributed by atoms with Crippen LogP contribution in [-0.4, -0.2) is 37.2 Å². The van der Waals surface area contributed by atoms with Crippen LogP contribution in [-0.2, 0) is 28.6 Å². The third-order valence-corrected chi connectivity index (χ3v) is 12.0. The SMILES string of the molecule is CCCCCCCCCC/C=C\CCCCCCCCCCCCCCCCCC(=O)OCC(COC(=O)CCCCCCCC)OC(=O)CCCCCCCCCCC. The number of hydrogen-bond acceptors (Lipinski definition) is 6. The molecule has 6 nitrogen and oxygen atoms in total. The lowest BCUT2D eigenvalue weighted by Gasteiger charge is -2.18. The molecule has 6 heteroatoms. The average molecular weight is 847 g/mol. The van der Waals surface area contributed by atoms with Crippen LogP contribution in [0.3, 0.4) is 0 Å². The molecule has 0 aliphatic carbocycles. The Morgan fingerprint density at radius 2 is 0.550 bits per heavy atom. The van der Waals surface area contributed by atoms with Crippen molar-refractivity contribution in [1.82, 2.24) is 0 Å². The van der Waals surface area contributed by atoms with E-state index in [-0.39, 0.29) is 31.1 Å². The van der Waals surface area contributed by atoms with E-state index in [2.05, 4.69) is 32.9 Å². The summed E-state index contributed by atoms with van der Waals surface area (Å²) < 4.78 is 16.7. The van der Waals surface area contributed by atoms with E-state index in [1.165, 1.54) is 199 Å². The van der Waals surface area contributed by atoms with Crippen molar-refractivity contribution in [3.8, 4) is 0 Å². The van der Waals surface area contributed by atoms with Gasteiger partial charge in [0.15, 0.2) is 6.10 Å². The van der Waals surface area contributed by atoms with E-state index < -0.39 is 6.10 Å². The number of hydrogen-bond donors (Lipinski definition) is 0. The first-order valence-electron chi connectivity index (χ1n) is 26.7. The van der Waals surface area contributed by atoms with Gasteiger partial charge in [-0.25, -0.2) is 0 Å². The minimum Gasteiger partial charge on any atom is -0.462 e. The Morgan fingerprint density at radius 3 is 0.833 bits per heavy atom. The van der Waals surface area contributed by atoms with Crippen molar-refractivity contribution in [1.29, 1.82) is 0 Å². The van der Waals surface area contributed by atoms with Crippen LogP contribution in [0.4, 0.5) is 0 Å². The largest absolute Gasteiger partial charge is 0.462 e. The van der Waals surface area contributed by atoms with E-state index >= 15 is 0 Å². The molecule has 0 radical (unpaired) electrons. The predicted molar refractivity (Wildman–Crippen MR) is 256 cm³/mol. The van der Waals surface area contributed by atoms with Crippen LogP contribution in [0.15, 0.2) is 12.2 Å². The average Bonchev–Trinajstić information content (AvgIpc) is 3.24. The number of allylic oxidation sites excluding steroid dienone is 2. The quantitative estimate of drug-likeness (QED) is 0.0263. The van der Waals surface area contributed by atoms with Crippen molar-refractivity contribution in [2.45, 2.75) is 303 Å². The molecule has 0 amide bonds.